The molecule has 1 atom stereocenters. The van der Waals surface area contributed by atoms with Crippen LogP contribution in [0, 0.1) is 0 Å². The zero-order valence-corrected chi connectivity index (χ0v) is 18.8. The molecule has 0 spiro atoms. The maximum absolute atomic E-state index is 12.6. The Morgan fingerprint density at radius 2 is 1.97 bits per heavy atom. The van der Waals surface area contributed by atoms with Crippen LogP contribution in [0.5, 0.6) is 0 Å². The minimum atomic E-state index is -1.06. The second-order valence-electron chi connectivity index (χ2n) is 8.12. The average Bonchev–Trinajstić information content (AvgIpc) is 3.14. The maximum Gasteiger partial charge on any atom is 0.404 e. The van der Waals surface area contributed by atoms with Crippen molar-refractivity contribution >= 4 is 39.8 Å². The number of pyridine rings is 1. The number of carbonyl (C=O) groups is 3. The number of benzene rings is 1. The van der Waals surface area contributed by atoms with Crippen molar-refractivity contribution in [2.75, 3.05) is 33.0 Å². The van der Waals surface area contributed by atoms with E-state index >= 15 is 0 Å². The summed E-state index contributed by atoms with van der Waals surface area (Å²) in [5, 5.41) is 15.2. The first-order chi connectivity index (χ1) is 16.5. The molecule has 1 aliphatic rings. The molecule has 3 N–H and O–H groups in total. The number of carboxylic acid groups (broad SMARTS) is 1. The third kappa shape index (κ3) is 5.52. The van der Waals surface area contributed by atoms with Gasteiger partial charge in [0.2, 0.25) is 11.8 Å². The zero-order chi connectivity index (χ0) is 23.9. The molecule has 0 radical (unpaired) electrons. The quantitative estimate of drug-likeness (QED) is 0.291. The summed E-state index contributed by atoms with van der Waals surface area (Å²) < 4.78 is 12.9. The highest BCUT2D eigenvalue weighted by molar-refractivity contribution is 6.09. The van der Waals surface area contributed by atoms with Crippen LogP contribution in [0.2, 0.25) is 0 Å². The Morgan fingerprint density at radius 1 is 1.15 bits per heavy atom. The summed E-state index contributed by atoms with van der Waals surface area (Å²) in [4.78, 5) is 39.2. The highest BCUT2D eigenvalue weighted by atomic mass is 16.5. The number of piperidine rings is 1. The summed E-state index contributed by atoms with van der Waals surface area (Å²) in [6.07, 6.45) is 3.04. The third-order valence-corrected chi connectivity index (χ3v) is 5.80. The van der Waals surface area contributed by atoms with Crippen LogP contribution in [-0.4, -0.2) is 65.5 Å². The minimum absolute atomic E-state index is 0.238. The normalized spacial score (nSPS) is 16.2. The number of amides is 3. The van der Waals surface area contributed by atoms with E-state index in [1.54, 1.807) is 6.20 Å². The summed E-state index contributed by atoms with van der Waals surface area (Å²) in [5.74, 6) is -0.529. The first-order valence-electron chi connectivity index (χ1n) is 11.4. The number of rotatable bonds is 11. The predicted molar refractivity (Wildman–Crippen MR) is 125 cm³/mol. The molecule has 0 saturated carbocycles. The molecule has 180 valence electrons. The van der Waals surface area contributed by atoms with Gasteiger partial charge in [-0.25, -0.2) is 9.78 Å². The number of ether oxygens (including phenoxy) is 2. The van der Waals surface area contributed by atoms with Gasteiger partial charge in [0, 0.05) is 36.5 Å². The first kappa shape index (κ1) is 23.7. The van der Waals surface area contributed by atoms with Gasteiger partial charge in [-0.2, -0.15) is 0 Å². The standard InChI is InChI=1S/C24H28N4O6/c29-21-8-7-19(23(30)27-21)28-20-15-16(5-6-17(20)18-4-1-9-25-22(18)28)3-2-11-33-13-14-34-12-10-26-24(31)32/h1,4-6,9,15,19,26H,2-3,7-8,10-14H2,(H,31,32)(H,27,29,30). The van der Waals surface area contributed by atoms with Crippen molar-refractivity contribution in [3.05, 3.63) is 42.1 Å². The Morgan fingerprint density at radius 3 is 2.76 bits per heavy atom. The molecule has 3 amide bonds. The molecule has 10 heteroatoms. The van der Waals surface area contributed by atoms with E-state index in [1.165, 1.54) is 0 Å². The smallest absolute Gasteiger partial charge is 0.404 e. The number of nitrogens with one attached hydrogen (secondary N) is 2. The molecule has 4 rings (SSSR count). The van der Waals surface area contributed by atoms with E-state index in [0.29, 0.717) is 39.3 Å². The Hall–Kier alpha value is -3.50. The van der Waals surface area contributed by atoms with Crippen molar-refractivity contribution < 1.29 is 29.0 Å². The van der Waals surface area contributed by atoms with Crippen molar-refractivity contribution in [2.45, 2.75) is 31.7 Å². The molecule has 0 bridgehead atoms. The maximum atomic E-state index is 12.6. The van der Waals surface area contributed by atoms with Gasteiger partial charge in [-0.05, 0) is 43.0 Å². The molecule has 1 fully saturated rings. The summed E-state index contributed by atoms with van der Waals surface area (Å²) in [7, 11) is 0. The fraction of sp³-hybridized carbons (Fsp3) is 0.417. The van der Waals surface area contributed by atoms with Crippen LogP contribution in [0.15, 0.2) is 36.5 Å². The van der Waals surface area contributed by atoms with Gasteiger partial charge in [-0.3, -0.25) is 14.9 Å². The number of nitrogens with zero attached hydrogens (tertiary/aromatic N) is 2. The minimum Gasteiger partial charge on any atom is -0.465 e. The summed E-state index contributed by atoms with van der Waals surface area (Å²) in [6.45, 7) is 1.99. The molecule has 2 aromatic heterocycles. The first-order valence-corrected chi connectivity index (χ1v) is 11.4. The molecule has 0 aliphatic carbocycles. The number of aromatic nitrogens is 2. The van der Waals surface area contributed by atoms with E-state index in [0.717, 1.165) is 40.3 Å². The molecule has 3 aromatic rings. The van der Waals surface area contributed by atoms with E-state index in [4.69, 9.17) is 14.6 Å². The number of imide groups is 1. The van der Waals surface area contributed by atoms with Gasteiger partial charge in [0.25, 0.3) is 0 Å². The fourth-order valence-corrected chi connectivity index (χ4v) is 4.25. The second kappa shape index (κ2) is 11.1. The van der Waals surface area contributed by atoms with Crippen LogP contribution in [0.4, 0.5) is 4.79 Å². The van der Waals surface area contributed by atoms with Crippen molar-refractivity contribution in [1.29, 1.82) is 0 Å². The summed E-state index contributed by atoms with van der Waals surface area (Å²) >= 11 is 0. The Kier molecular flexibility index (Phi) is 7.71. The Balaban J connectivity index is 1.38. The van der Waals surface area contributed by atoms with E-state index < -0.39 is 12.1 Å². The lowest BCUT2D eigenvalue weighted by Crippen LogP contribution is -2.41. The van der Waals surface area contributed by atoms with Crippen LogP contribution in [0.3, 0.4) is 0 Å². The lowest BCUT2D eigenvalue weighted by atomic mass is 10.0. The van der Waals surface area contributed by atoms with Crippen molar-refractivity contribution in [3.8, 4) is 0 Å². The van der Waals surface area contributed by atoms with E-state index in [2.05, 4.69) is 33.8 Å². The number of hydrogen-bond acceptors (Lipinski definition) is 6. The highest BCUT2D eigenvalue weighted by Crippen LogP contribution is 2.34. The van der Waals surface area contributed by atoms with E-state index in [9.17, 15) is 14.4 Å². The largest absolute Gasteiger partial charge is 0.465 e. The lowest BCUT2D eigenvalue weighted by molar-refractivity contribution is -0.135. The number of carbonyl (C=O) groups excluding carboxylic acids is 2. The van der Waals surface area contributed by atoms with Crippen LogP contribution < -0.4 is 10.6 Å². The van der Waals surface area contributed by atoms with Crippen molar-refractivity contribution in [2.24, 2.45) is 0 Å². The molecular formula is C24H28N4O6. The Bertz CT molecular complexity index is 1190. The number of hydrogen-bond donors (Lipinski definition) is 3. The van der Waals surface area contributed by atoms with E-state index in [1.807, 2.05) is 16.7 Å². The van der Waals surface area contributed by atoms with E-state index in [-0.39, 0.29) is 18.4 Å². The third-order valence-electron chi connectivity index (χ3n) is 5.80. The van der Waals surface area contributed by atoms with Crippen LogP contribution in [0.25, 0.3) is 21.9 Å². The molecule has 1 saturated heterocycles. The second-order valence-corrected chi connectivity index (χ2v) is 8.12. The fourth-order valence-electron chi connectivity index (χ4n) is 4.25. The molecule has 1 unspecified atom stereocenters. The van der Waals surface area contributed by atoms with Crippen molar-refractivity contribution in [3.63, 3.8) is 0 Å². The average molecular weight is 469 g/mol. The topological polar surface area (TPSA) is 132 Å². The van der Waals surface area contributed by atoms with Gasteiger partial charge in [0.15, 0.2) is 0 Å². The van der Waals surface area contributed by atoms with Gasteiger partial charge < -0.3 is 24.5 Å². The van der Waals surface area contributed by atoms with Crippen LogP contribution >= 0.6 is 0 Å². The van der Waals surface area contributed by atoms with Gasteiger partial charge in [-0.15, -0.1) is 0 Å². The molecule has 1 aromatic carbocycles. The molecular weight excluding hydrogens is 440 g/mol. The van der Waals surface area contributed by atoms with Gasteiger partial charge in [-0.1, -0.05) is 12.1 Å². The van der Waals surface area contributed by atoms with Gasteiger partial charge >= 0.3 is 6.09 Å². The van der Waals surface area contributed by atoms with Crippen molar-refractivity contribution in [1.82, 2.24) is 20.2 Å². The van der Waals surface area contributed by atoms with Gasteiger partial charge in [0.05, 0.1) is 25.3 Å². The molecule has 1 aliphatic heterocycles. The molecule has 10 nitrogen and oxygen atoms in total. The summed E-state index contributed by atoms with van der Waals surface area (Å²) in [5.41, 5.74) is 2.81. The van der Waals surface area contributed by atoms with Crippen LogP contribution in [-0.2, 0) is 25.5 Å². The van der Waals surface area contributed by atoms with Gasteiger partial charge in [0.1, 0.15) is 11.7 Å². The monoisotopic (exact) mass is 468 g/mol. The zero-order valence-electron chi connectivity index (χ0n) is 18.8. The molecule has 34 heavy (non-hydrogen) atoms. The SMILES string of the molecule is O=C(O)NCCOCCOCCCc1ccc2c3cccnc3n(C3CCC(=O)NC3=O)c2c1. The number of fused-ring (bicyclic) bond motifs is 3. The Labute approximate surface area is 196 Å². The lowest BCUT2D eigenvalue weighted by Gasteiger charge is -2.23. The van der Waals surface area contributed by atoms with Crippen LogP contribution in [0.1, 0.15) is 30.9 Å². The highest BCUT2D eigenvalue weighted by Gasteiger charge is 2.30. The molecule has 3 heterocycles. The number of aryl methyl sites for hydroxylation is 1. The predicted octanol–water partition coefficient (Wildman–Crippen LogP) is 2.40. The summed E-state index contributed by atoms with van der Waals surface area (Å²) in [6, 6.07) is 9.66.